The molecule has 0 aliphatic carbocycles. The van der Waals surface area contributed by atoms with Crippen LogP contribution in [0.2, 0.25) is 0 Å². The average Bonchev–Trinajstić information content (AvgIpc) is 2.49. The van der Waals surface area contributed by atoms with Crippen molar-refractivity contribution in [1.29, 1.82) is 0 Å². The molecule has 2 rings (SSSR count). The SMILES string of the molecule is CC(c1ccccc1)N1C(=O)OC(C)(C)C1=O. The molecule has 0 aromatic heterocycles. The van der Waals surface area contributed by atoms with E-state index in [2.05, 4.69) is 0 Å². The molecule has 4 heteroatoms. The Morgan fingerprint density at radius 3 is 2.24 bits per heavy atom. The fraction of sp³-hybridized carbons (Fsp3) is 0.385. The highest BCUT2D eigenvalue weighted by Gasteiger charge is 2.49. The fourth-order valence-electron chi connectivity index (χ4n) is 1.90. The van der Waals surface area contributed by atoms with Crippen molar-refractivity contribution in [3.05, 3.63) is 35.9 Å². The molecule has 1 aliphatic heterocycles. The Bertz CT molecular complexity index is 453. The normalized spacial score (nSPS) is 20.3. The summed E-state index contributed by atoms with van der Waals surface area (Å²) in [5, 5.41) is 0. The van der Waals surface area contributed by atoms with Crippen LogP contribution in [0.4, 0.5) is 4.79 Å². The first-order chi connectivity index (χ1) is 7.93. The number of carbonyl (C=O) groups is 2. The first-order valence-electron chi connectivity index (χ1n) is 5.55. The molecule has 90 valence electrons. The van der Waals surface area contributed by atoms with Gasteiger partial charge in [-0.15, -0.1) is 0 Å². The monoisotopic (exact) mass is 233 g/mol. The topological polar surface area (TPSA) is 46.6 Å². The van der Waals surface area contributed by atoms with Crippen molar-refractivity contribution in [2.24, 2.45) is 0 Å². The zero-order valence-corrected chi connectivity index (χ0v) is 10.1. The summed E-state index contributed by atoms with van der Waals surface area (Å²) >= 11 is 0. The molecular weight excluding hydrogens is 218 g/mol. The van der Waals surface area contributed by atoms with Crippen LogP contribution in [-0.2, 0) is 9.53 Å². The lowest BCUT2D eigenvalue weighted by molar-refractivity contribution is -0.135. The molecule has 1 aliphatic rings. The Hall–Kier alpha value is -1.84. The lowest BCUT2D eigenvalue weighted by Crippen LogP contribution is -2.37. The predicted molar refractivity (Wildman–Crippen MR) is 62.3 cm³/mol. The van der Waals surface area contributed by atoms with Crippen LogP contribution in [-0.4, -0.2) is 22.5 Å². The molecule has 2 amide bonds. The van der Waals surface area contributed by atoms with E-state index in [-0.39, 0.29) is 11.9 Å². The van der Waals surface area contributed by atoms with Crippen LogP contribution in [0.3, 0.4) is 0 Å². The summed E-state index contributed by atoms with van der Waals surface area (Å²) in [6, 6.07) is 9.11. The number of ether oxygens (including phenoxy) is 1. The molecule has 1 saturated heterocycles. The van der Waals surface area contributed by atoms with E-state index in [9.17, 15) is 9.59 Å². The Kier molecular flexibility index (Phi) is 2.65. The summed E-state index contributed by atoms with van der Waals surface area (Å²) < 4.78 is 5.05. The first-order valence-corrected chi connectivity index (χ1v) is 5.55. The van der Waals surface area contributed by atoms with Crippen molar-refractivity contribution in [3.8, 4) is 0 Å². The van der Waals surface area contributed by atoms with Gasteiger partial charge in [-0.05, 0) is 26.3 Å². The van der Waals surface area contributed by atoms with Crippen LogP contribution in [0.1, 0.15) is 32.4 Å². The van der Waals surface area contributed by atoms with E-state index in [0.29, 0.717) is 0 Å². The van der Waals surface area contributed by atoms with Crippen LogP contribution in [0.15, 0.2) is 30.3 Å². The fourth-order valence-corrected chi connectivity index (χ4v) is 1.90. The Labute approximate surface area is 100 Å². The number of rotatable bonds is 2. The van der Waals surface area contributed by atoms with E-state index in [1.54, 1.807) is 13.8 Å². The van der Waals surface area contributed by atoms with E-state index < -0.39 is 11.7 Å². The van der Waals surface area contributed by atoms with Gasteiger partial charge in [0.15, 0.2) is 5.60 Å². The highest BCUT2D eigenvalue weighted by atomic mass is 16.6. The lowest BCUT2D eigenvalue weighted by Gasteiger charge is -2.21. The van der Waals surface area contributed by atoms with Crippen molar-refractivity contribution < 1.29 is 14.3 Å². The molecule has 0 saturated carbocycles. The standard InChI is InChI=1S/C13H15NO3/c1-9(10-7-5-4-6-8-10)14-11(15)13(2,3)17-12(14)16/h4-9H,1-3H3. The number of carbonyl (C=O) groups excluding carboxylic acids is 2. The van der Waals surface area contributed by atoms with Crippen molar-refractivity contribution in [2.75, 3.05) is 0 Å². The van der Waals surface area contributed by atoms with Crippen molar-refractivity contribution in [2.45, 2.75) is 32.4 Å². The molecule has 0 bridgehead atoms. The Morgan fingerprint density at radius 1 is 1.18 bits per heavy atom. The molecule has 1 unspecified atom stereocenters. The maximum Gasteiger partial charge on any atom is 0.418 e. The number of nitrogens with zero attached hydrogens (tertiary/aromatic N) is 1. The minimum absolute atomic E-state index is 0.293. The quantitative estimate of drug-likeness (QED) is 0.788. The van der Waals surface area contributed by atoms with Gasteiger partial charge in [-0.25, -0.2) is 9.69 Å². The minimum atomic E-state index is -1.06. The highest BCUT2D eigenvalue weighted by molar-refractivity contribution is 6.02. The second kappa shape index (κ2) is 3.87. The molecule has 1 heterocycles. The van der Waals surface area contributed by atoms with Crippen molar-refractivity contribution in [3.63, 3.8) is 0 Å². The van der Waals surface area contributed by atoms with Gasteiger partial charge >= 0.3 is 6.09 Å². The third-order valence-corrected chi connectivity index (χ3v) is 2.94. The largest absolute Gasteiger partial charge is 0.433 e. The number of imide groups is 1. The van der Waals surface area contributed by atoms with Crippen LogP contribution < -0.4 is 0 Å². The Morgan fingerprint density at radius 2 is 1.76 bits per heavy atom. The second-order valence-corrected chi connectivity index (χ2v) is 4.64. The average molecular weight is 233 g/mol. The maximum absolute atomic E-state index is 12.0. The molecule has 0 spiro atoms. The molecule has 17 heavy (non-hydrogen) atoms. The van der Waals surface area contributed by atoms with Gasteiger partial charge in [0.1, 0.15) is 0 Å². The van der Waals surface area contributed by atoms with E-state index in [1.165, 1.54) is 4.90 Å². The highest BCUT2D eigenvalue weighted by Crippen LogP contribution is 2.31. The van der Waals surface area contributed by atoms with E-state index in [4.69, 9.17) is 4.74 Å². The number of benzene rings is 1. The second-order valence-electron chi connectivity index (χ2n) is 4.64. The van der Waals surface area contributed by atoms with Crippen molar-refractivity contribution >= 4 is 12.0 Å². The summed E-state index contributed by atoms with van der Waals surface area (Å²) in [6.45, 7) is 5.02. The molecular formula is C13H15NO3. The predicted octanol–water partition coefficient (Wildman–Crippen LogP) is 2.51. The molecule has 1 atom stereocenters. The van der Waals surface area contributed by atoms with Gasteiger partial charge < -0.3 is 4.74 Å². The number of amides is 2. The molecule has 0 radical (unpaired) electrons. The van der Waals surface area contributed by atoms with Gasteiger partial charge in [-0.3, -0.25) is 4.79 Å². The molecule has 1 aromatic carbocycles. The van der Waals surface area contributed by atoms with Gasteiger partial charge in [0.2, 0.25) is 0 Å². The van der Waals surface area contributed by atoms with Gasteiger partial charge in [-0.1, -0.05) is 30.3 Å². The van der Waals surface area contributed by atoms with Crippen LogP contribution in [0.5, 0.6) is 0 Å². The van der Waals surface area contributed by atoms with E-state index in [1.807, 2.05) is 37.3 Å². The summed E-state index contributed by atoms with van der Waals surface area (Å²) in [4.78, 5) is 24.9. The van der Waals surface area contributed by atoms with Gasteiger partial charge in [0.05, 0.1) is 6.04 Å². The molecule has 4 nitrogen and oxygen atoms in total. The van der Waals surface area contributed by atoms with Gasteiger partial charge in [0.25, 0.3) is 5.91 Å². The number of hydrogen-bond donors (Lipinski definition) is 0. The van der Waals surface area contributed by atoms with E-state index in [0.717, 1.165) is 5.56 Å². The Balaban J connectivity index is 2.30. The third-order valence-electron chi connectivity index (χ3n) is 2.94. The summed E-state index contributed by atoms with van der Waals surface area (Å²) in [7, 11) is 0. The summed E-state index contributed by atoms with van der Waals surface area (Å²) in [5.41, 5.74) is -0.143. The minimum Gasteiger partial charge on any atom is -0.433 e. The number of cyclic esters (lactones) is 1. The smallest absolute Gasteiger partial charge is 0.418 e. The zero-order chi connectivity index (χ0) is 12.6. The summed E-state index contributed by atoms with van der Waals surface area (Å²) in [5.74, 6) is -0.293. The first kappa shape index (κ1) is 11.6. The molecule has 1 aromatic rings. The van der Waals surface area contributed by atoms with Gasteiger partial charge in [0, 0.05) is 0 Å². The van der Waals surface area contributed by atoms with Gasteiger partial charge in [-0.2, -0.15) is 0 Å². The zero-order valence-electron chi connectivity index (χ0n) is 10.1. The lowest BCUT2D eigenvalue weighted by atomic mass is 10.0. The van der Waals surface area contributed by atoms with Crippen molar-refractivity contribution in [1.82, 2.24) is 4.90 Å². The van der Waals surface area contributed by atoms with Crippen LogP contribution in [0, 0.1) is 0 Å². The van der Waals surface area contributed by atoms with E-state index >= 15 is 0 Å². The molecule has 0 N–H and O–H groups in total. The third kappa shape index (κ3) is 1.90. The van der Waals surface area contributed by atoms with Crippen LogP contribution >= 0.6 is 0 Å². The molecule has 1 fully saturated rings. The van der Waals surface area contributed by atoms with Crippen LogP contribution in [0.25, 0.3) is 0 Å². The number of hydrogen-bond acceptors (Lipinski definition) is 3. The summed E-state index contributed by atoms with van der Waals surface area (Å²) in [6.07, 6.45) is -0.573. The maximum atomic E-state index is 12.0.